The Hall–Kier alpha value is -2.85. The molecular weight excluding hydrogens is 336 g/mol. The molecule has 4 heteroatoms. The molecule has 1 amide bonds. The smallest absolute Gasteiger partial charge is 0.241 e. The van der Waals surface area contributed by atoms with Crippen LogP contribution in [-0.4, -0.2) is 35.0 Å². The largest absolute Gasteiger partial charge is 0.508 e. The maximum Gasteiger partial charge on any atom is 0.241 e. The molecule has 0 saturated carbocycles. The fraction of sp³-hybridized carbons (Fsp3) is 0.261. The van der Waals surface area contributed by atoms with E-state index in [1.807, 2.05) is 49.4 Å². The van der Waals surface area contributed by atoms with Gasteiger partial charge in [-0.25, -0.2) is 0 Å². The van der Waals surface area contributed by atoms with Gasteiger partial charge in [0.15, 0.2) is 0 Å². The average molecular weight is 360 g/mol. The van der Waals surface area contributed by atoms with Gasteiger partial charge in [0.1, 0.15) is 5.75 Å². The Morgan fingerprint density at radius 2 is 1.74 bits per heavy atom. The van der Waals surface area contributed by atoms with Crippen LogP contribution < -0.4 is 5.32 Å². The third-order valence-electron chi connectivity index (χ3n) is 5.50. The highest BCUT2D eigenvalue weighted by Gasteiger charge is 2.24. The van der Waals surface area contributed by atoms with Gasteiger partial charge in [0.05, 0.1) is 6.04 Å². The highest BCUT2D eigenvalue weighted by molar-refractivity contribution is 6.03. The van der Waals surface area contributed by atoms with E-state index in [1.165, 1.54) is 11.1 Å². The van der Waals surface area contributed by atoms with Crippen molar-refractivity contribution in [3.05, 3.63) is 71.8 Å². The summed E-state index contributed by atoms with van der Waals surface area (Å²) in [6.07, 6.45) is 1.73. The summed E-state index contributed by atoms with van der Waals surface area (Å²) in [4.78, 5) is 15.1. The van der Waals surface area contributed by atoms with Gasteiger partial charge in [0, 0.05) is 24.2 Å². The van der Waals surface area contributed by atoms with Gasteiger partial charge in [0.2, 0.25) is 5.91 Å². The Kier molecular flexibility index (Phi) is 4.82. The minimum Gasteiger partial charge on any atom is -0.508 e. The first-order valence-electron chi connectivity index (χ1n) is 9.45. The van der Waals surface area contributed by atoms with Crippen LogP contribution in [0, 0.1) is 0 Å². The zero-order valence-electron chi connectivity index (χ0n) is 15.5. The summed E-state index contributed by atoms with van der Waals surface area (Å²) in [5, 5.41) is 15.0. The highest BCUT2D eigenvalue weighted by atomic mass is 16.3. The van der Waals surface area contributed by atoms with Crippen molar-refractivity contribution in [1.82, 2.24) is 4.90 Å². The summed E-state index contributed by atoms with van der Waals surface area (Å²) in [6, 6.07) is 19.4. The molecule has 0 fully saturated rings. The number of benzene rings is 3. The average Bonchev–Trinajstić information content (AvgIpc) is 2.90. The van der Waals surface area contributed by atoms with Crippen LogP contribution in [0.1, 0.15) is 18.1 Å². The molecule has 1 aliphatic rings. The van der Waals surface area contributed by atoms with Crippen molar-refractivity contribution in [3.63, 3.8) is 0 Å². The van der Waals surface area contributed by atoms with Crippen LogP contribution in [0.15, 0.2) is 60.7 Å². The lowest BCUT2D eigenvalue weighted by Gasteiger charge is -2.26. The van der Waals surface area contributed by atoms with Gasteiger partial charge in [-0.3, -0.25) is 9.69 Å². The predicted octanol–water partition coefficient (Wildman–Crippen LogP) is 3.97. The van der Waals surface area contributed by atoms with Crippen LogP contribution in [0.25, 0.3) is 10.8 Å². The number of amides is 1. The van der Waals surface area contributed by atoms with Crippen molar-refractivity contribution in [2.24, 2.45) is 0 Å². The number of fused-ring (bicyclic) bond motifs is 2. The number of rotatable bonds is 3. The van der Waals surface area contributed by atoms with Gasteiger partial charge in [-0.1, -0.05) is 42.5 Å². The molecule has 0 aliphatic carbocycles. The van der Waals surface area contributed by atoms with Crippen LogP contribution in [-0.2, 0) is 17.6 Å². The van der Waals surface area contributed by atoms with E-state index in [0.29, 0.717) is 5.75 Å². The fourth-order valence-corrected chi connectivity index (χ4v) is 3.85. The predicted molar refractivity (Wildman–Crippen MR) is 109 cm³/mol. The third kappa shape index (κ3) is 3.67. The number of phenolic OH excluding ortho intramolecular Hbond substituents is 1. The molecule has 0 spiro atoms. The number of hydrogen-bond acceptors (Lipinski definition) is 3. The molecule has 0 unspecified atom stereocenters. The summed E-state index contributed by atoms with van der Waals surface area (Å²) in [5.41, 5.74) is 3.30. The van der Waals surface area contributed by atoms with E-state index in [2.05, 4.69) is 22.3 Å². The summed E-state index contributed by atoms with van der Waals surface area (Å²) < 4.78 is 0. The third-order valence-corrected chi connectivity index (χ3v) is 5.50. The molecule has 0 aromatic heterocycles. The molecule has 1 heterocycles. The first-order valence-corrected chi connectivity index (χ1v) is 9.45. The number of nitrogens with zero attached hydrogens (tertiary/aromatic N) is 1. The molecule has 4 nitrogen and oxygen atoms in total. The minimum atomic E-state index is -0.216. The Bertz CT molecular complexity index is 978. The number of carbonyl (C=O) groups is 1. The van der Waals surface area contributed by atoms with Gasteiger partial charge in [-0.2, -0.15) is 0 Å². The van der Waals surface area contributed by atoms with Crippen LogP contribution in [0.5, 0.6) is 5.75 Å². The van der Waals surface area contributed by atoms with Crippen LogP contribution in [0.4, 0.5) is 5.69 Å². The van der Waals surface area contributed by atoms with Crippen molar-refractivity contribution >= 4 is 22.4 Å². The first-order chi connectivity index (χ1) is 13.1. The number of hydrogen-bond donors (Lipinski definition) is 2. The van der Waals surface area contributed by atoms with Crippen LogP contribution in [0.2, 0.25) is 0 Å². The van der Waals surface area contributed by atoms with E-state index in [0.717, 1.165) is 42.4 Å². The van der Waals surface area contributed by atoms with E-state index in [1.54, 1.807) is 6.07 Å². The molecule has 4 rings (SSSR count). The lowest BCUT2D eigenvalue weighted by Crippen LogP contribution is -2.43. The summed E-state index contributed by atoms with van der Waals surface area (Å²) in [7, 11) is 0. The van der Waals surface area contributed by atoms with Crippen molar-refractivity contribution in [1.29, 1.82) is 0 Å². The Morgan fingerprint density at radius 3 is 2.59 bits per heavy atom. The number of anilines is 1. The van der Waals surface area contributed by atoms with E-state index in [4.69, 9.17) is 0 Å². The number of phenols is 1. The topological polar surface area (TPSA) is 52.6 Å². The first kappa shape index (κ1) is 17.6. The van der Waals surface area contributed by atoms with Crippen molar-refractivity contribution in [2.45, 2.75) is 25.8 Å². The lowest BCUT2D eigenvalue weighted by molar-refractivity contribution is -0.120. The second kappa shape index (κ2) is 7.41. The van der Waals surface area contributed by atoms with Gasteiger partial charge in [0.25, 0.3) is 0 Å². The Labute approximate surface area is 159 Å². The number of nitrogens with one attached hydrogen (secondary N) is 1. The van der Waals surface area contributed by atoms with Crippen molar-refractivity contribution in [3.8, 4) is 5.75 Å². The van der Waals surface area contributed by atoms with Gasteiger partial charge < -0.3 is 10.4 Å². The van der Waals surface area contributed by atoms with Gasteiger partial charge in [-0.05, 0) is 54.5 Å². The number of aromatic hydroxyl groups is 1. The van der Waals surface area contributed by atoms with Crippen molar-refractivity contribution < 1.29 is 9.90 Å². The van der Waals surface area contributed by atoms with Crippen LogP contribution >= 0.6 is 0 Å². The fourth-order valence-electron chi connectivity index (χ4n) is 3.85. The highest BCUT2D eigenvalue weighted by Crippen LogP contribution is 2.24. The molecule has 3 aromatic carbocycles. The van der Waals surface area contributed by atoms with Gasteiger partial charge >= 0.3 is 0 Å². The summed E-state index contributed by atoms with van der Waals surface area (Å²) >= 11 is 0. The van der Waals surface area contributed by atoms with Gasteiger partial charge in [-0.15, -0.1) is 0 Å². The van der Waals surface area contributed by atoms with Crippen molar-refractivity contribution in [2.75, 3.05) is 18.4 Å². The molecule has 1 aliphatic heterocycles. The molecule has 27 heavy (non-hydrogen) atoms. The summed E-state index contributed by atoms with van der Waals surface area (Å²) in [5.74, 6) is 0.323. The second-order valence-electron chi connectivity index (χ2n) is 7.18. The Morgan fingerprint density at radius 1 is 1.00 bits per heavy atom. The maximum atomic E-state index is 12.9. The minimum absolute atomic E-state index is 0.0140. The Balaban J connectivity index is 1.48. The van der Waals surface area contributed by atoms with E-state index < -0.39 is 0 Å². The quantitative estimate of drug-likeness (QED) is 0.743. The van der Waals surface area contributed by atoms with Crippen LogP contribution in [0.3, 0.4) is 0 Å². The monoisotopic (exact) mass is 360 g/mol. The molecule has 0 radical (unpaired) electrons. The maximum absolute atomic E-state index is 12.9. The van der Waals surface area contributed by atoms with E-state index in [-0.39, 0.29) is 11.9 Å². The lowest BCUT2D eigenvalue weighted by atomic mass is 10.0. The summed E-state index contributed by atoms with van der Waals surface area (Å²) in [6.45, 7) is 3.61. The zero-order valence-corrected chi connectivity index (χ0v) is 15.5. The molecular formula is C23H24N2O2. The number of carbonyl (C=O) groups excluding carboxylic acids is 1. The standard InChI is InChI=1S/C23H24N2O2/c1-16(25-13-11-17-9-10-20(26)15-19(17)12-14-25)23(27)24-22-8-4-6-18-5-2-3-7-21(18)22/h2-10,15-16,26H,11-14H2,1H3,(H,24,27)/t16-/m1/s1. The molecule has 1 atom stereocenters. The van der Waals surface area contributed by atoms with E-state index in [9.17, 15) is 9.90 Å². The SMILES string of the molecule is C[C@H](C(=O)Nc1cccc2ccccc12)N1CCc2ccc(O)cc2CC1. The molecule has 0 saturated heterocycles. The molecule has 138 valence electrons. The normalized spacial score (nSPS) is 15.7. The molecule has 3 aromatic rings. The molecule has 2 N–H and O–H groups in total. The van der Waals surface area contributed by atoms with E-state index >= 15 is 0 Å². The second-order valence-corrected chi connectivity index (χ2v) is 7.18. The zero-order chi connectivity index (χ0) is 18.8. The molecule has 0 bridgehead atoms.